The molecule has 10 nitrogen and oxygen atoms in total. The molecule has 5 saturated carbocycles. The van der Waals surface area contributed by atoms with Crippen LogP contribution < -0.4 is 5.32 Å². The summed E-state index contributed by atoms with van der Waals surface area (Å²) in [5.41, 5.74) is -0.382. The number of rotatable bonds is 6. The highest BCUT2D eigenvalue weighted by Gasteiger charge is 2.69. The van der Waals surface area contributed by atoms with Crippen LogP contribution in [-0.4, -0.2) is 48.7 Å². The number of carbonyl (C=O) groups excluding carboxylic acids is 3. The number of amides is 1. The Bertz CT molecular complexity index is 1160. The third kappa shape index (κ3) is 5.91. The molecular formula is C36H57NO9. The lowest BCUT2D eigenvalue weighted by Crippen LogP contribution is -2.65. The van der Waals surface area contributed by atoms with Gasteiger partial charge in [-0.15, -0.1) is 0 Å². The molecule has 260 valence electrons. The second-order valence-corrected chi connectivity index (χ2v) is 16.5. The number of ether oxygens (including phenoxy) is 2. The van der Waals surface area contributed by atoms with E-state index in [0.29, 0.717) is 31.1 Å². The highest BCUT2D eigenvalue weighted by molar-refractivity contribution is 5.75. The molecule has 0 bridgehead atoms. The lowest BCUT2D eigenvalue weighted by atomic mass is 9.42. The highest BCUT2D eigenvalue weighted by Crippen LogP contribution is 2.70. The zero-order valence-corrected chi connectivity index (χ0v) is 29.1. The zero-order chi connectivity index (χ0) is 33.1. The second kappa shape index (κ2) is 12.6. The van der Waals surface area contributed by atoms with E-state index < -0.39 is 11.6 Å². The predicted molar refractivity (Wildman–Crippen MR) is 167 cm³/mol. The molecule has 0 aromatic heterocycles. The van der Waals surface area contributed by atoms with Gasteiger partial charge in [-0.2, -0.15) is 19.6 Å². The minimum Gasteiger partial charge on any atom is -0.462 e. The molecule has 1 amide bonds. The maximum Gasteiger partial charge on any atom is 0.302 e. The van der Waals surface area contributed by atoms with Gasteiger partial charge in [0.15, 0.2) is 0 Å². The molecule has 0 aromatic carbocycles. The lowest BCUT2D eigenvalue weighted by Gasteiger charge is -2.65. The van der Waals surface area contributed by atoms with Crippen molar-refractivity contribution in [3.63, 3.8) is 0 Å². The summed E-state index contributed by atoms with van der Waals surface area (Å²) in [4.78, 5) is 61.9. The Kier molecular flexibility index (Phi) is 9.35. The first-order valence-corrected chi connectivity index (χ1v) is 18.0. The van der Waals surface area contributed by atoms with Crippen molar-refractivity contribution in [1.29, 1.82) is 0 Å². The van der Waals surface area contributed by atoms with Gasteiger partial charge in [0.1, 0.15) is 12.2 Å². The minimum absolute atomic E-state index is 0.0493. The third-order valence-electron chi connectivity index (χ3n) is 14.0. The standard InChI is InChI=1S/C36H57NO9/c1-21-12-14-35(15-13-21)43-45-36(46-44-35)17-16-33(5)25(20-36)18-29(41-23(3)38)32-27-10-9-26(22(2)8-11-31(40)37-7)34(27,6)30(19-28(32)33)42-24(4)39/h21-22,25-30,32H,8-20H2,1-7H3,(H,37,40)/t21?,22?,25-,26-,27?,28?,29-,30+,32?,33+,34-,35?,36?/m1/s1. The summed E-state index contributed by atoms with van der Waals surface area (Å²) < 4.78 is 12.5. The molecule has 6 aliphatic rings. The fourth-order valence-electron chi connectivity index (χ4n) is 11.3. The van der Waals surface area contributed by atoms with Gasteiger partial charge in [0.2, 0.25) is 17.5 Å². The molecule has 0 aromatic rings. The van der Waals surface area contributed by atoms with Gasteiger partial charge in [0.25, 0.3) is 0 Å². The van der Waals surface area contributed by atoms with Gasteiger partial charge in [-0.3, -0.25) is 14.4 Å². The maximum absolute atomic E-state index is 12.6. The van der Waals surface area contributed by atoms with Crippen LogP contribution in [0.4, 0.5) is 0 Å². The van der Waals surface area contributed by atoms with Crippen molar-refractivity contribution >= 4 is 17.8 Å². The molecule has 10 heteroatoms. The first-order valence-electron chi connectivity index (χ1n) is 18.0. The molecular weight excluding hydrogens is 590 g/mol. The van der Waals surface area contributed by atoms with Crippen LogP contribution in [0.5, 0.6) is 0 Å². The normalized spacial score (nSPS) is 47.3. The van der Waals surface area contributed by atoms with Crippen LogP contribution >= 0.6 is 0 Å². The summed E-state index contributed by atoms with van der Waals surface area (Å²) in [6.07, 6.45) is 9.74. The van der Waals surface area contributed by atoms with Crippen LogP contribution in [0, 0.1) is 52.3 Å². The number of esters is 2. The van der Waals surface area contributed by atoms with E-state index in [1.807, 2.05) is 0 Å². The van der Waals surface area contributed by atoms with Crippen molar-refractivity contribution in [1.82, 2.24) is 5.32 Å². The first kappa shape index (κ1) is 34.1. The lowest BCUT2D eigenvalue weighted by molar-refractivity contribution is -0.665. The largest absolute Gasteiger partial charge is 0.462 e. The molecule has 46 heavy (non-hydrogen) atoms. The molecule has 1 aliphatic heterocycles. The van der Waals surface area contributed by atoms with Gasteiger partial charge in [-0.25, -0.2) is 0 Å². The minimum atomic E-state index is -0.997. The number of hydrogen-bond donors (Lipinski definition) is 1. The maximum atomic E-state index is 12.6. The smallest absolute Gasteiger partial charge is 0.302 e. The average molecular weight is 648 g/mol. The zero-order valence-electron chi connectivity index (χ0n) is 29.1. The Hall–Kier alpha value is -1.75. The molecule has 2 spiro atoms. The Labute approximate surface area is 274 Å². The van der Waals surface area contributed by atoms with Crippen molar-refractivity contribution in [3.05, 3.63) is 0 Å². The summed E-state index contributed by atoms with van der Waals surface area (Å²) in [5, 5.41) is 2.75. The van der Waals surface area contributed by atoms with E-state index in [0.717, 1.165) is 64.2 Å². The van der Waals surface area contributed by atoms with E-state index in [9.17, 15) is 14.4 Å². The second-order valence-electron chi connectivity index (χ2n) is 16.5. The van der Waals surface area contributed by atoms with E-state index in [4.69, 9.17) is 29.0 Å². The first-order chi connectivity index (χ1) is 21.7. The molecule has 1 saturated heterocycles. The van der Waals surface area contributed by atoms with E-state index in [1.54, 1.807) is 7.05 Å². The number of hydrogen-bond acceptors (Lipinski definition) is 9. The van der Waals surface area contributed by atoms with Crippen LogP contribution in [0.15, 0.2) is 0 Å². The van der Waals surface area contributed by atoms with Gasteiger partial charge in [-0.1, -0.05) is 27.7 Å². The van der Waals surface area contributed by atoms with E-state index in [2.05, 4.69) is 33.0 Å². The van der Waals surface area contributed by atoms with Crippen molar-refractivity contribution in [2.45, 2.75) is 149 Å². The highest BCUT2D eigenvalue weighted by atomic mass is 17.4. The third-order valence-corrected chi connectivity index (χ3v) is 14.0. The van der Waals surface area contributed by atoms with Gasteiger partial charge in [-0.05, 0) is 92.3 Å². The van der Waals surface area contributed by atoms with Crippen LogP contribution in [0.2, 0.25) is 0 Å². The molecule has 1 heterocycles. The van der Waals surface area contributed by atoms with Gasteiger partial charge >= 0.3 is 11.9 Å². The monoisotopic (exact) mass is 647 g/mol. The SMILES string of the molecule is CNC(=O)CCC(C)[C@H]1CCC2C3C(C[C@H](OC(C)=O)[C@@]21C)[C@@]1(C)CCC2(C[C@H]1C[C@H]3OC(C)=O)OOC1(CCC(C)CC1)OO2. The van der Waals surface area contributed by atoms with E-state index >= 15 is 0 Å². The van der Waals surface area contributed by atoms with Crippen molar-refractivity contribution in [2.24, 2.45) is 52.3 Å². The number of nitrogens with one attached hydrogen (secondary N) is 1. The van der Waals surface area contributed by atoms with Crippen LogP contribution in [-0.2, 0) is 43.4 Å². The summed E-state index contributed by atoms with van der Waals surface area (Å²) in [5.74, 6) is -0.401. The molecule has 0 radical (unpaired) electrons. The molecule has 5 aliphatic carbocycles. The van der Waals surface area contributed by atoms with Crippen molar-refractivity contribution < 1.29 is 43.4 Å². The van der Waals surface area contributed by atoms with Crippen molar-refractivity contribution in [3.8, 4) is 0 Å². The molecule has 10 atom stereocenters. The average Bonchev–Trinajstić information content (AvgIpc) is 3.37. The molecule has 6 fully saturated rings. The van der Waals surface area contributed by atoms with E-state index in [1.165, 1.54) is 13.8 Å². The number of fused-ring (bicyclic) bond motifs is 5. The Morgan fingerprint density at radius 1 is 0.848 bits per heavy atom. The molecule has 4 unspecified atom stereocenters. The fraction of sp³-hybridized carbons (Fsp3) is 0.917. The van der Waals surface area contributed by atoms with Crippen LogP contribution in [0.3, 0.4) is 0 Å². The summed E-state index contributed by atoms with van der Waals surface area (Å²) in [7, 11) is 1.68. The van der Waals surface area contributed by atoms with Crippen molar-refractivity contribution in [2.75, 3.05) is 7.05 Å². The molecule has 1 N–H and O–H groups in total. The Morgan fingerprint density at radius 3 is 2.13 bits per heavy atom. The Balaban J connectivity index is 1.27. The summed E-state index contributed by atoms with van der Waals surface area (Å²) in [6.45, 7) is 12.2. The quantitative estimate of drug-likeness (QED) is 0.258. The van der Waals surface area contributed by atoms with Crippen LogP contribution in [0.1, 0.15) is 125 Å². The van der Waals surface area contributed by atoms with Gasteiger partial charge < -0.3 is 14.8 Å². The molecule has 6 rings (SSSR count). The van der Waals surface area contributed by atoms with Gasteiger partial charge in [0.05, 0.1) is 0 Å². The van der Waals surface area contributed by atoms with E-state index in [-0.39, 0.29) is 70.5 Å². The van der Waals surface area contributed by atoms with Gasteiger partial charge in [0, 0.05) is 64.3 Å². The topological polar surface area (TPSA) is 119 Å². The summed E-state index contributed by atoms with van der Waals surface area (Å²) >= 11 is 0. The fourth-order valence-corrected chi connectivity index (χ4v) is 11.3. The Morgan fingerprint density at radius 2 is 1.50 bits per heavy atom. The summed E-state index contributed by atoms with van der Waals surface area (Å²) in [6, 6.07) is 0. The number of carbonyl (C=O) groups is 3. The van der Waals surface area contributed by atoms with Crippen LogP contribution in [0.25, 0.3) is 0 Å². The predicted octanol–water partition coefficient (Wildman–Crippen LogP) is 6.40.